The molecule has 1 aliphatic rings. The molecule has 0 spiro atoms. The summed E-state index contributed by atoms with van der Waals surface area (Å²) < 4.78 is 22.9. The number of nitrogens with one attached hydrogen (secondary N) is 1. The van der Waals surface area contributed by atoms with Crippen LogP contribution in [0.15, 0.2) is 42.7 Å². The summed E-state index contributed by atoms with van der Waals surface area (Å²) in [5.41, 5.74) is 9.08. The molecule has 3 heterocycles. The van der Waals surface area contributed by atoms with Gasteiger partial charge in [0.2, 0.25) is 0 Å². The molecule has 1 amide bonds. The molecule has 1 aromatic carbocycles. The van der Waals surface area contributed by atoms with Gasteiger partial charge in [0.25, 0.3) is 0 Å². The van der Waals surface area contributed by atoms with Crippen molar-refractivity contribution in [2.75, 3.05) is 39.0 Å². The molecule has 0 aliphatic heterocycles. The van der Waals surface area contributed by atoms with E-state index in [0.29, 0.717) is 40.5 Å². The van der Waals surface area contributed by atoms with Crippen LogP contribution in [0.5, 0.6) is 11.5 Å². The van der Waals surface area contributed by atoms with Crippen molar-refractivity contribution in [2.24, 2.45) is 0 Å². The number of fused-ring (bicyclic) bond motifs is 1. The standard InChI is InChI=1S/C29H32ClN7O6/c1-36(13-17-5-6-18(40-2)11-23(17)41-3)21-12-24(30)35-27-26(21)32-15-37(27)29(39)34-19-7-8-22(19)43-14-16-9-20(28(38)42-4)33-25(31)10-16/h5-6,9-12,15,19,22H,7-8,13-14H2,1-4H3,(H2,31,33)(H,34,39)/t19-,22-/m1/s1. The van der Waals surface area contributed by atoms with Crippen LogP contribution in [0.25, 0.3) is 11.2 Å². The molecule has 1 aliphatic carbocycles. The molecule has 0 saturated heterocycles. The number of amides is 1. The van der Waals surface area contributed by atoms with Crippen molar-refractivity contribution in [3.05, 3.63) is 64.7 Å². The topological polar surface area (TPSA) is 156 Å². The van der Waals surface area contributed by atoms with Crippen molar-refractivity contribution in [3.8, 4) is 11.5 Å². The van der Waals surface area contributed by atoms with Gasteiger partial charge in [0, 0.05) is 31.3 Å². The first kappa shape index (κ1) is 29.9. The number of carbonyl (C=O) groups excluding carboxylic acids is 2. The smallest absolute Gasteiger partial charge is 0.356 e. The van der Waals surface area contributed by atoms with Crippen LogP contribution >= 0.6 is 11.6 Å². The van der Waals surface area contributed by atoms with Gasteiger partial charge >= 0.3 is 12.0 Å². The third-order valence-electron chi connectivity index (χ3n) is 7.27. The lowest BCUT2D eigenvalue weighted by Crippen LogP contribution is -2.52. The first-order valence-corrected chi connectivity index (χ1v) is 13.8. The number of rotatable bonds is 10. The summed E-state index contributed by atoms with van der Waals surface area (Å²) in [4.78, 5) is 40.0. The highest BCUT2D eigenvalue weighted by Crippen LogP contribution is 2.31. The number of carbonyl (C=O) groups is 2. The minimum atomic E-state index is -0.585. The Hall–Kier alpha value is -4.62. The van der Waals surface area contributed by atoms with Gasteiger partial charge < -0.3 is 34.9 Å². The van der Waals surface area contributed by atoms with E-state index in [9.17, 15) is 9.59 Å². The van der Waals surface area contributed by atoms with Gasteiger partial charge in [-0.2, -0.15) is 0 Å². The van der Waals surface area contributed by atoms with Crippen LogP contribution in [0.4, 0.5) is 16.3 Å². The number of ether oxygens (including phenoxy) is 4. The average molecular weight is 610 g/mol. The van der Waals surface area contributed by atoms with E-state index in [0.717, 1.165) is 18.4 Å². The van der Waals surface area contributed by atoms with Gasteiger partial charge in [-0.1, -0.05) is 11.6 Å². The van der Waals surface area contributed by atoms with E-state index >= 15 is 0 Å². The number of aromatic nitrogens is 4. The number of hydrogen-bond acceptors (Lipinski definition) is 11. The Kier molecular flexibility index (Phi) is 8.83. The fourth-order valence-corrected chi connectivity index (χ4v) is 5.06. The molecule has 1 saturated carbocycles. The average Bonchev–Trinajstić information content (AvgIpc) is 3.42. The molecular weight excluding hydrogens is 578 g/mol. The maximum absolute atomic E-state index is 13.3. The number of imidazole rings is 1. The highest BCUT2D eigenvalue weighted by Gasteiger charge is 2.34. The maximum Gasteiger partial charge on any atom is 0.356 e. The van der Waals surface area contributed by atoms with E-state index in [4.69, 9.17) is 36.3 Å². The Bertz CT molecular complexity index is 1660. The lowest BCUT2D eigenvalue weighted by atomic mass is 9.89. The number of nitrogens with two attached hydrogens (primary N) is 1. The first-order chi connectivity index (χ1) is 20.7. The predicted molar refractivity (Wildman–Crippen MR) is 160 cm³/mol. The minimum absolute atomic E-state index is 0.103. The van der Waals surface area contributed by atoms with Crippen LogP contribution in [-0.4, -0.2) is 72.0 Å². The Morgan fingerprint density at radius 3 is 2.63 bits per heavy atom. The zero-order valence-electron chi connectivity index (χ0n) is 24.2. The van der Waals surface area contributed by atoms with E-state index in [1.165, 1.54) is 18.0 Å². The van der Waals surface area contributed by atoms with E-state index in [2.05, 4.69) is 20.3 Å². The Morgan fingerprint density at radius 2 is 1.93 bits per heavy atom. The highest BCUT2D eigenvalue weighted by molar-refractivity contribution is 6.30. The van der Waals surface area contributed by atoms with Crippen molar-refractivity contribution in [1.82, 2.24) is 24.8 Å². The van der Waals surface area contributed by atoms with Gasteiger partial charge in [-0.3, -0.25) is 0 Å². The zero-order chi connectivity index (χ0) is 30.7. The van der Waals surface area contributed by atoms with Gasteiger partial charge in [0.1, 0.15) is 34.3 Å². The molecule has 2 atom stereocenters. The van der Waals surface area contributed by atoms with Crippen molar-refractivity contribution in [2.45, 2.75) is 38.1 Å². The third kappa shape index (κ3) is 6.42. The molecule has 43 heavy (non-hydrogen) atoms. The highest BCUT2D eigenvalue weighted by atomic mass is 35.5. The largest absolute Gasteiger partial charge is 0.497 e. The number of esters is 1. The Labute approximate surface area is 252 Å². The molecule has 0 bridgehead atoms. The molecule has 4 aromatic rings. The van der Waals surface area contributed by atoms with Crippen molar-refractivity contribution < 1.29 is 28.5 Å². The minimum Gasteiger partial charge on any atom is -0.497 e. The number of nitrogens with zero attached hydrogens (tertiary/aromatic N) is 5. The van der Waals surface area contributed by atoms with E-state index in [1.807, 2.05) is 30.1 Å². The zero-order valence-corrected chi connectivity index (χ0v) is 24.9. The molecule has 3 aromatic heterocycles. The number of hydrogen-bond donors (Lipinski definition) is 2. The van der Waals surface area contributed by atoms with Crippen molar-refractivity contribution >= 4 is 46.3 Å². The summed E-state index contributed by atoms with van der Waals surface area (Å²) in [6.45, 7) is 0.667. The molecule has 13 nitrogen and oxygen atoms in total. The van der Waals surface area contributed by atoms with Crippen LogP contribution in [-0.2, 0) is 22.6 Å². The first-order valence-electron chi connectivity index (χ1n) is 13.4. The van der Waals surface area contributed by atoms with E-state index in [-0.39, 0.29) is 35.4 Å². The summed E-state index contributed by atoms with van der Waals surface area (Å²) in [6.07, 6.45) is 2.69. The predicted octanol–water partition coefficient (Wildman–Crippen LogP) is 3.81. The van der Waals surface area contributed by atoms with E-state index < -0.39 is 12.0 Å². The van der Waals surface area contributed by atoms with Crippen molar-refractivity contribution in [3.63, 3.8) is 0 Å². The summed E-state index contributed by atoms with van der Waals surface area (Å²) in [5.74, 6) is 0.974. The summed E-state index contributed by atoms with van der Waals surface area (Å²) in [6, 6.07) is 9.90. The number of pyridine rings is 2. The fourth-order valence-electron chi connectivity index (χ4n) is 4.88. The molecule has 0 unspecified atom stereocenters. The van der Waals surface area contributed by atoms with Crippen LogP contribution in [0, 0.1) is 0 Å². The van der Waals surface area contributed by atoms with Gasteiger partial charge in [0.05, 0.1) is 45.8 Å². The molecule has 3 N–H and O–H groups in total. The van der Waals surface area contributed by atoms with Gasteiger partial charge in [-0.05, 0) is 42.7 Å². The maximum atomic E-state index is 13.3. The Balaban J connectivity index is 1.28. The van der Waals surface area contributed by atoms with Crippen LogP contribution in [0.3, 0.4) is 0 Å². The molecule has 1 fully saturated rings. The quantitative estimate of drug-likeness (QED) is 0.199. The summed E-state index contributed by atoms with van der Waals surface area (Å²) in [7, 11) is 6.38. The summed E-state index contributed by atoms with van der Waals surface area (Å²) >= 11 is 6.41. The SMILES string of the molecule is COC(=O)c1cc(CO[C@@H]2CC[C@H]2NC(=O)n2cnc3c(N(C)Cc4ccc(OC)cc4OC)cc(Cl)nc32)cc(N)n1. The van der Waals surface area contributed by atoms with E-state index in [1.54, 1.807) is 32.4 Å². The molecule has 14 heteroatoms. The van der Waals surface area contributed by atoms with Gasteiger partial charge in [-0.25, -0.2) is 29.1 Å². The molecule has 226 valence electrons. The van der Waals surface area contributed by atoms with Crippen LogP contribution in [0.1, 0.15) is 34.5 Å². The third-order valence-corrected chi connectivity index (χ3v) is 7.46. The van der Waals surface area contributed by atoms with Crippen LogP contribution in [0.2, 0.25) is 5.15 Å². The fraction of sp³-hybridized carbons (Fsp3) is 0.345. The van der Waals surface area contributed by atoms with Crippen molar-refractivity contribution in [1.29, 1.82) is 0 Å². The molecule has 5 rings (SSSR count). The van der Waals surface area contributed by atoms with Crippen LogP contribution < -0.4 is 25.4 Å². The van der Waals surface area contributed by atoms with Gasteiger partial charge in [-0.15, -0.1) is 0 Å². The molecular formula is C29H32ClN7O6. The lowest BCUT2D eigenvalue weighted by Gasteiger charge is -2.36. The monoisotopic (exact) mass is 609 g/mol. The second-order valence-corrected chi connectivity index (χ2v) is 10.4. The van der Waals surface area contributed by atoms with Gasteiger partial charge in [0.15, 0.2) is 11.3 Å². The summed E-state index contributed by atoms with van der Waals surface area (Å²) in [5, 5.41) is 3.22. The lowest BCUT2D eigenvalue weighted by molar-refractivity contribution is -0.0323. The number of benzene rings is 1. The number of anilines is 2. The molecule has 0 radical (unpaired) electrons. The number of halogens is 1. The second kappa shape index (κ2) is 12.7. The number of methoxy groups -OCH3 is 3. The Morgan fingerprint density at radius 1 is 1.12 bits per heavy atom. The number of nitrogen functional groups attached to an aromatic ring is 1. The normalized spacial score (nSPS) is 15.9. The second-order valence-electron chi connectivity index (χ2n) is 10.0.